The average Bonchev–Trinajstić information content (AvgIpc) is 2.41. The second-order valence-corrected chi connectivity index (χ2v) is 5.69. The minimum absolute atomic E-state index is 0.0905. The van der Waals surface area contributed by atoms with Gasteiger partial charge >= 0.3 is 5.69 Å². The number of nitro groups is 1. The maximum Gasteiger partial charge on any atom is 0.310 e. The first kappa shape index (κ1) is 15.5. The van der Waals surface area contributed by atoms with Gasteiger partial charge in [-0.25, -0.2) is 0 Å². The van der Waals surface area contributed by atoms with E-state index in [9.17, 15) is 20.0 Å². The fourth-order valence-corrected chi connectivity index (χ4v) is 2.51. The monoisotopic (exact) mass is 418 g/mol. The molecule has 0 aliphatic rings. The third-order valence-corrected chi connectivity index (χ3v) is 3.60. The lowest BCUT2D eigenvalue weighted by atomic mass is 10.1. The number of carbonyl (C=O) groups excluding carboxylic acids is 1. The number of rotatable bonds is 3. The van der Waals surface area contributed by atoms with Gasteiger partial charge in [0.25, 0.3) is 5.91 Å². The van der Waals surface area contributed by atoms with Gasteiger partial charge in [0.15, 0.2) is 5.75 Å². The van der Waals surface area contributed by atoms with Crippen LogP contribution in [0.15, 0.2) is 36.4 Å². The largest absolute Gasteiger partial charge is 0.502 e. The Hall–Kier alpha value is -1.87. The molecule has 0 heterocycles. The summed E-state index contributed by atoms with van der Waals surface area (Å²) >= 11 is 8.09. The molecule has 2 aromatic carbocycles. The maximum absolute atomic E-state index is 12.0. The number of nitro benzene ring substituents is 1. The Morgan fingerprint density at radius 3 is 2.57 bits per heavy atom. The predicted molar refractivity (Wildman–Crippen MR) is 86.9 cm³/mol. The Morgan fingerprint density at radius 2 is 2.00 bits per heavy atom. The highest BCUT2D eigenvalue weighted by molar-refractivity contribution is 14.1. The van der Waals surface area contributed by atoms with Crippen molar-refractivity contribution in [3.63, 3.8) is 0 Å². The highest BCUT2D eigenvalue weighted by Crippen LogP contribution is 2.28. The Bertz CT molecular complexity index is 736. The molecule has 0 saturated carbocycles. The third-order valence-electron chi connectivity index (χ3n) is 2.61. The molecule has 0 aromatic heterocycles. The first-order valence-corrected chi connectivity index (χ1v) is 7.08. The van der Waals surface area contributed by atoms with Crippen LogP contribution >= 0.6 is 34.2 Å². The fourth-order valence-electron chi connectivity index (χ4n) is 1.60. The van der Waals surface area contributed by atoms with Crippen LogP contribution in [-0.4, -0.2) is 15.9 Å². The summed E-state index contributed by atoms with van der Waals surface area (Å²) in [6.45, 7) is 0. The van der Waals surface area contributed by atoms with Crippen LogP contribution in [0.5, 0.6) is 5.75 Å². The van der Waals surface area contributed by atoms with Crippen molar-refractivity contribution >= 4 is 51.5 Å². The number of amides is 1. The van der Waals surface area contributed by atoms with E-state index in [1.165, 1.54) is 6.07 Å². The summed E-state index contributed by atoms with van der Waals surface area (Å²) in [7, 11) is 0. The Labute approximate surface area is 138 Å². The zero-order valence-corrected chi connectivity index (χ0v) is 13.3. The molecule has 2 rings (SSSR count). The zero-order chi connectivity index (χ0) is 15.6. The summed E-state index contributed by atoms with van der Waals surface area (Å²) in [4.78, 5) is 21.9. The van der Waals surface area contributed by atoms with Crippen LogP contribution in [0.2, 0.25) is 5.02 Å². The van der Waals surface area contributed by atoms with Crippen molar-refractivity contribution in [2.45, 2.75) is 0 Å². The van der Waals surface area contributed by atoms with Crippen molar-refractivity contribution in [3.8, 4) is 5.75 Å². The molecule has 2 aromatic rings. The van der Waals surface area contributed by atoms with Gasteiger partial charge in [-0.1, -0.05) is 11.6 Å². The molecule has 0 spiro atoms. The number of phenols is 1. The molecule has 0 unspecified atom stereocenters. The van der Waals surface area contributed by atoms with Crippen molar-refractivity contribution < 1.29 is 14.8 Å². The Morgan fingerprint density at radius 1 is 1.29 bits per heavy atom. The second kappa shape index (κ2) is 6.27. The zero-order valence-electron chi connectivity index (χ0n) is 10.3. The molecule has 0 fully saturated rings. The Kier molecular flexibility index (Phi) is 4.63. The van der Waals surface area contributed by atoms with Crippen LogP contribution in [0.1, 0.15) is 10.4 Å². The maximum atomic E-state index is 12.0. The molecule has 2 N–H and O–H groups in total. The first-order chi connectivity index (χ1) is 9.88. The summed E-state index contributed by atoms with van der Waals surface area (Å²) in [6, 6.07) is 8.47. The van der Waals surface area contributed by atoms with E-state index in [0.29, 0.717) is 10.7 Å². The lowest BCUT2D eigenvalue weighted by Crippen LogP contribution is -2.12. The number of hydrogen-bond acceptors (Lipinski definition) is 4. The normalized spacial score (nSPS) is 10.2. The van der Waals surface area contributed by atoms with E-state index in [2.05, 4.69) is 27.9 Å². The van der Waals surface area contributed by atoms with E-state index < -0.39 is 22.3 Å². The number of nitrogens with zero attached hydrogens (tertiary/aromatic N) is 1. The SMILES string of the molecule is O=C(Nc1ccc(I)cc1Cl)c1ccc([N+](=O)[O-])c(O)c1. The minimum atomic E-state index is -0.729. The van der Waals surface area contributed by atoms with E-state index in [4.69, 9.17) is 11.6 Å². The van der Waals surface area contributed by atoms with E-state index >= 15 is 0 Å². The van der Waals surface area contributed by atoms with Crippen LogP contribution in [0.3, 0.4) is 0 Å². The van der Waals surface area contributed by atoms with E-state index in [1.54, 1.807) is 18.2 Å². The van der Waals surface area contributed by atoms with Crippen molar-refractivity contribution in [1.29, 1.82) is 0 Å². The second-order valence-electron chi connectivity index (χ2n) is 4.04. The summed E-state index contributed by atoms with van der Waals surface area (Å²) in [5.74, 6) is -1.09. The molecule has 0 radical (unpaired) electrons. The fraction of sp³-hybridized carbons (Fsp3) is 0. The number of anilines is 1. The lowest BCUT2D eigenvalue weighted by molar-refractivity contribution is -0.385. The summed E-state index contributed by atoms with van der Waals surface area (Å²) in [6.07, 6.45) is 0. The standard InChI is InChI=1S/C13H8ClIN2O4/c14-9-6-8(15)2-3-10(9)16-13(19)7-1-4-11(17(20)21)12(18)5-7/h1-6,18H,(H,16,19). The highest BCUT2D eigenvalue weighted by Gasteiger charge is 2.16. The van der Waals surface area contributed by atoms with Crippen LogP contribution < -0.4 is 5.32 Å². The number of carbonyl (C=O) groups is 1. The van der Waals surface area contributed by atoms with Gasteiger partial charge in [-0.2, -0.15) is 0 Å². The Balaban J connectivity index is 2.24. The molecule has 21 heavy (non-hydrogen) atoms. The van der Waals surface area contributed by atoms with Gasteiger partial charge in [-0.3, -0.25) is 14.9 Å². The number of benzene rings is 2. The van der Waals surface area contributed by atoms with Gasteiger partial charge in [-0.15, -0.1) is 0 Å². The van der Waals surface area contributed by atoms with Crippen molar-refractivity contribution in [3.05, 3.63) is 60.7 Å². The highest BCUT2D eigenvalue weighted by atomic mass is 127. The average molecular weight is 419 g/mol. The topological polar surface area (TPSA) is 92.5 Å². The van der Waals surface area contributed by atoms with Gasteiger partial charge in [0.1, 0.15) is 0 Å². The molecule has 0 aliphatic heterocycles. The van der Waals surface area contributed by atoms with Crippen LogP contribution in [0.25, 0.3) is 0 Å². The quantitative estimate of drug-likeness (QED) is 0.450. The van der Waals surface area contributed by atoms with Crippen molar-refractivity contribution in [2.75, 3.05) is 5.32 Å². The minimum Gasteiger partial charge on any atom is -0.502 e. The summed E-state index contributed by atoms with van der Waals surface area (Å²) in [5.41, 5.74) is 0.0477. The molecule has 6 nitrogen and oxygen atoms in total. The van der Waals surface area contributed by atoms with Gasteiger partial charge in [0.05, 0.1) is 15.6 Å². The summed E-state index contributed by atoms with van der Waals surface area (Å²) in [5, 5.41) is 23.1. The molecule has 0 atom stereocenters. The lowest BCUT2D eigenvalue weighted by Gasteiger charge is -2.08. The number of nitrogens with one attached hydrogen (secondary N) is 1. The third kappa shape index (κ3) is 3.61. The van der Waals surface area contributed by atoms with Gasteiger partial charge in [0.2, 0.25) is 0 Å². The van der Waals surface area contributed by atoms with Gasteiger partial charge in [-0.05, 0) is 52.9 Å². The molecular weight excluding hydrogens is 411 g/mol. The number of aromatic hydroxyl groups is 1. The van der Waals surface area contributed by atoms with Gasteiger partial charge < -0.3 is 10.4 Å². The molecule has 0 aliphatic carbocycles. The molecule has 108 valence electrons. The van der Waals surface area contributed by atoms with Crippen LogP contribution in [-0.2, 0) is 0 Å². The van der Waals surface area contributed by atoms with Crippen LogP contribution in [0, 0.1) is 13.7 Å². The smallest absolute Gasteiger partial charge is 0.310 e. The number of hydrogen-bond donors (Lipinski definition) is 2. The van der Waals surface area contributed by atoms with Crippen molar-refractivity contribution in [2.24, 2.45) is 0 Å². The molecule has 8 heteroatoms. The predicted octanol–water partition coefficient (Wildman–Crippen LogP) is 3.81. The first-order valence-electron chi connectivity index (χ1n) is 5.62. The van der Waals surface area contributed by atoms with E-state index in [0.717, 1.165) is 15.7 Å². The number of halogens is 2. The summed E-state index contributed by atoms with van der Waals surface area (Å²) < 4.78 is 0.920. The van der Waals surface area contributed by atoms with E-state index in [-0.39, 0.29) is 5.56 Å². The molecular formula is C13H8ClIN2O4. The van der Waals surface area contributed by atoms with Crippen LogP contribution in [0.4, 0.5) is 11.4 Å². The molecule has 1 amide bonds. The molecule has 0 bridgehead atoms. The van der Waals surface area contributed by atoms with E-state index in [1.807, 2.05) is 0 Å². The van der Waals surface area contributed by atoms with Crippen molar-refractivity contribution in [1.82, 2.24) is 0 Å². The number of phenolic OH excluding ortho intramolecular Hbond substituents is 1. The van der Waals surface area contributed by atoms with Gasteiger partial charge in [0, 0.05) is 15.2 Å². The molecule has 0 saturated heterocycles.